The van der Waals surface area contributed by atoms with Crippen LogP contribution in [0.15, 0.2) is 65.0 Å². The van der Waals surface area contributed by atoms with Crippen molar-refractivity contribution in [3.8, 4) is 0 Å². The first kappa shape index (κ1) is 21.4. The fourth-order valence-corrected chi connectivity index (χ4v) is 5.25. The zero-order chi connectivity index (χ0) is 21.8. The van der Waals surface area contributed by atoms with Crippen molar-refractivity contribution in [2.75, 3.05) is 22.7 Å². The number of aromatic nitrogens is 1. The number of carbonyl (C=O) groups excluding carboxylic acids is 1. The van der Waals surface area contributed by atoms with Gasteiger partial charge in [-0.25, -0.2) is 17.8 Å². The largest absolute Gasteiger partial charge is 0.311 e. The van der Waals surface area contributed by atoms with Gasteiger partial charge in [-0.05, 0) is 61.3 Å². The summed E-state index contributed by atoms with van der Waals surface area (Å²) in [6.45, 7) is 1.10. The average Bonchev–Trinajstić information content (AvgIpc) is 3.38. The Hall–Kier alpha value is -2.82. The number of halogens is 1. The number of carbonyl (C=O) groups is 1. The van der Waals surface area contributed by atoms with Gasteiger partial charge in [0.1, 0.15) is 5.82 Å². The number of hydrogen-bond donors (Lipinski definition) is 2. The summed E-state index contributed by atoms with van der Waals surface area (Å²) < 4.78 is 40.6. The minimum absolute atomic E-state index is 0. The van der Waals surface area contributed by atoms with E-state index in [4.69, 9.17) is 0 Å². The van der Waals surface area contributed by atoms with Gasteiger partial charge in [-0.1, -0.05) is 12.1 Å². The number of benzene rings is 2. The first-order valence-corrected chi connectivity index (χ1v) is 12.1. The molecule has 2 aromatic carbocycles. The Morgan fingerprint density at radius 3 is 2.74 bits per heavy atom. The molecule has 1 atom stereocenters. The van der Waals surface area contributed by atoms with Crippen LogP contribution in [0.2, 0.25) is 0 Å². The normalized spacial score (nSPS) is 16.6. The van der Waals surface area contributed by atoms with E-state index in [0.717, 1.165) is 5.56 Å². The first-order chi connectivity index (χ1) is 14.9. The van der Waals surface area contributed by atoms with Crippen molar-refractivity contribution in [2.45, 2.75) is 23.8 Å². The Morgan fingerprint density at radius 2 is 2.03 bits per heavy atom. The standard InChI is InChI=1S/C21H21FN4O3S2.H2/c22-16-3-1-2-15(14-16)8-10-23-19-9-12-26(20(19)27)17-4-6-18(7-5-17)31(28,29)25-21-24-11-13-30-21;/h1-7,11,13-14,19,23H,8-10,12H2,(H,24,25);1H. The minimum atomic E-state index is -3.73. The molecule has 1 aliphatic heterocycles. The lowest BCUT2D eigenvalue weighted by molar-refractivity contribution is -0.118. The third-order valence-electron chi connectivity index (χ3n) is 5.01. The van der Waals surface area contributed by atoms with Crippen molar-refractivity contribution in [2.24, 2.45) is 0 Å². The number of sulfonamides is 1. The Kier molecular flexibility index (Phi) is 6.30. The monoisotopic (exact) mass is 462 g/mol. The third-order valence-corrected chi connectivity index (χ3v) is 7.18. The van der Waals surface area contributed by atoms with Gasteiger partial charge in [-0.15, -0.1) is 11.3 Å². The maximum Gasteiger partial charge on any atom is 0.263 e. The minimum Gasteiger partial charge on any atom is -0.311 e. The quantitative estimate of drug-likeness (QED) is 0.536. The van der Waals surface area contributed by atoms with E-state index < -0.39 is 10.0 Å². The van der Waals surface area contributed by atoms with E-state index in [0.29, 0.717) is 36.8 Å². The molecule has 4 rings (SSSR count). The Morgan fingerprint density at radius 1 is 1.23 bits per heavy atom. The van der Waals surface area contributed by atoms with Gasteiger partial charge in [-0.3, -0.25) is 9.52 Å². The fraction of sp³-hybridized carbons (Fsp3) is 0.238. The molecule has 7 nitrogen and oxygen atoms in total. The van der Waals surface area contributed by atoms with Gasteiger partial charge in [0, 0.05) is 25.2 Å². The van der Waals surface area contributed by atoms with Crippen LogP contribution < -0.4 is 14.9 Å². The highest BCUT2D eigenvalue weighted by Gasteiger charge is 2.32. The maximum atomic E-state index is 13.3. The van der Waals surface area contributed by atoms with Crippen molar-refractivity contribution in [3.63, 3.8) is 0 Å². The lowest BCUT2D eigenvalue weighted by Gasteiger charge is -2.18. The van der Waals surface area contributed by atoms with Gasteiger partial charge in [0.25, 0.3) is 10.0 Å². The molecule has 0 saturated carbocycles. The number of hydrogen-bond acceptors (Lipinski definition) is 6. The molecule has 1 fully saturated rings. The fourth-order valence-electron chi connectivity index (χ4n) is 3.46. The zero-order valence-corrected chi connectivity index (χ0v) is 18.1. The molecule has 0 aliphatic carbocycles. The lowest BCUT2D eigenvalue weighted by Crippen LogP contribution is -2.39. The molecule has 2 N–H and O–H groups in total. The second-order valence-corrected chi connectivity index (χ2v) is 9.68. The van der Waals surface area contributed by atoms with Crippen LogP contribution in [0.25, 0.3) is 0 Å². The highest BCUT2D eigenvalue weighted by Crippen LogP contribution is 2.25. The van der Waals surface area contributed by atoms with Gasteiger partial charge in [0.2, 0.25) is 5.91 Å². The summed E-state index contributed by atoms with van der Waals surface area (Å²) in [5.41, 5.74) is 1.52. The predicted molar refractivity (Wildman–Crippen MR) is 120 cm³/mol. The topological polar surface area (TPSA) is 91.4 Å². The summed E-state index contributed by atoms with van der Waals surface area (Å²) in [4.78, 5) is 18.4. The van der Waals surface area contributed by atoms with E-state index >= 15 is 0 Å². The van der Waals surface area contributed by atoms with Gasteiger partial charge in [-0.2, -0.15) is 0 Å². The number of nitrogens with one attached hydrogen (secondary N) is 2. The second-order valence-electron chi connectivity index (χ2n) is 7.10. The van der Waals surface area contributed by atoms with Gasteiger partial charge in [0.05, 0.1) is 10.9 Å². The molecule has 1 aromatic heterocycles. The summed E-state index contributed by atoms with van der Waals surface area (Å²) in [6, 6.07) is 12.3. The lowest BCUT2D eigenvalue weighted by atomic mass is 10.1. The predicted octanol–water partition coefficient (Wildman–Crippen LogP) is 3.27. The first-order valence-electron chi connectivity index (χ1n) is 9.74. The molecular weight excluding hydrogens is 439 g/mol. The van der Waals surface area contributed by atoms with Crippen molar-refractivity contribution < 1.29 is 19.0 Å². The van der Waals surface area contributed by atoms with E-state index in [1.807, 2.05) is 6.07 Å². The average molecular weight is 463 g/mol. The number of anilines is 2. The van der Waals surface area contributed by atoms with Crippen molar-refractivity contribution >= 4 is 38.1 Å². The third kappa shape index (κ3) is 5.09. The van der Waals surface area contributed by atoms with Crippen LogP contribution in [0.1, 0.15) is 13.4 Å². The van der Waals surface area contributed by atoms with Crippen molar-refractivity contribution in [3.05, 3.63) is 71.5 Å². The summed E-state index contributed by atoms with van der Waals surface area (Å²) >= 11 is 1.19. The molecule has 1 unspecified atom stereocenters. The van der Waals surface area contributed by atoms with E-state index in [-0.39, 0.29) is 24.1 Å². The molecule has 31 heavy (non-hydrogen) atoms. The van der Waals surface area contributed by atoms with Crippen LogP contribution in [0.3, 0.4) is 0 Å². The number of rotatable bonds is 8. The molecule has 0 spiro atoms. The second kappa shape index (κ2) is 9.13. The summed E-state index contributed by atoms with van der Waals surface area (Å²) in [5.74, 6) is -0.330. The smallest absolute Gasteiger partial charge is 0.263 e. The van der Waals surface area contributed by atoms with Crippen molar-refractivity contribution in [1.82, 2.24) is 10.3 Å². The zero-order valence-electron chi connectivity index (χ0n) is 16.5. The molecule has 3 aromatic rings. The van der Waals surface area contributed by atoms with Gasteiger partial charge in [0.15, 0.2) is 5.13 Å². The van der Waals surface area contributed by atoms with Crippen LogP contribution >= 0.6 is 11.3 Å². The SMILES string of the molecule is O=C1C(NCCc2cccc(F)c2)CCN1c1ccc(S(=O)(=O)Nc2nccs2)cc1.[HH]. The Balaban J connectivity index is 0.00000289. The van der Waals surface area contributed by atoms with E-state index in [9.17, 15) is 17.6 Å². The molecule has 0 bridgehead atoms. The number of nitrogens with zero attached hydrogens (tertiary/aromatic N) is 2. The van der Waals surface area contributed by atoms with Crippen LogP contribution in [0, 0.1) is 5.82 Å². The van der Waals surface area contributed by atoms with E-state index in [2.05, 4.69) is 15.0 Å². The number of amides is 1. The van der Waals surface area contributed by atoms with Gasteiger partial charge < -0.3 is 10.2 Å². The Labute approximate surface area is 185 Å². The van der Waals surface area contributed by atoms with Crippen LogP contribution in [0.5, 0.6) is 0 Å². The maximum absolute atomic E-state index is 13.3. The van der Waals surface area contributed by atoms with Crippen LogP contribution in [-0.4, -0.2) is 38.4 Å². The van der Waals surface area contributed by atoms with Crippen LogP contribution in [-0.2, 0) is 21.2 Å². The molecule has 1 aliphatic rings. The molecule has 2 heterocycles. The highest BCUT2D eigenvalue weighted by molar-refractivity contribution is 7.93. The summed E-state index contributed by atoms with van der Waals surface area (Å²) in [5, 5.41) is 5.21. The number of thiazole rings is 1. The molecule has 0 radical (unpaired) electrons. The molecule has 164 valence electrons. The van der Waals surface area contributed by atoms with Gasteiger partial charge >= 0.3 is 0 Å². The summed E-state index contributed by atoms with van der Waals surface area (Å²) in [7, 11) is -3.73. The molecule has 1 amide bonds. The van der Waals surface area contributed by atoms with Crippen molar-refractivity contribution in [1.29, 1.82) is 0 Å². The highest BCUT2D eigenvalue weighted by atomic mass is 32.2. The van der Waals surface area contributed by atoms with E-state index in [1.165, 1.54) is 41.8 Å². The van der Waals surface area contributed by atoms with E-state index in [1.54, 1.807) is 28.5 Å². The molecular formula is C21H23FN4O3S2. The van der Waals surface area contributed by atoms with Crippen LogP contribution in [0.4, 0.5) is 15.2 Å². The summed E-state index contributed by atoms with van der Waals surface area (Å²) in [6.07, 6.45) is 2.79. The Bertz CT molecular complexity index is 1160. The molecule has 10 heteroatoms. The molecule has 1 saturated heterocycles.